The Morgan fingerprint density at radius 3 is 2.52 bits per heavy atom. The zero-order valence-corrected chi connectivity index (χ0v) is 14.6. The van der Waals surface area contributed by atoms with Crippen molar-refractivity contribution in [3.8, 4) is 5.75 Å². The maximum atomic E-state index is 12.9. The van der Waals surface area contributed by atoms with Crippen molar-refractivity contribution in [2.45, 2.75) is 19.4 Å². The van der Waals surface area contributed by atoms with Crippen LogP contribution in [0.3, 0.4) is 0 Å². The Morgan fingerprint density at radius 1 is 0.960 bits per heavy atom. The number of carbonyl (C=O) groups excluding carboxylic acids is 1. The van der Waals surface area contributed by atoms with Crippen molar-refractivity contribution in [3.05, 3.63) is 23.8 Å². The van der Waals surface area contributed by atoms with Crippen molar-refractivity contribution < 1.29 is 19.0 Å². The Balaban J connectivity index is 1.51. The third-order valence-electron chi connectivity index (χ3n) is 5.28. The molecule has 6 heteroatoms. The van der Waals surface area contributed by atoms with Crippen LogP contribution >= 0.6 is 0 Å². The minimum absolute atomic E-state index is 0.0951. The minimum atomic E-state index is 0.0951. The number of carbonyl (C=O) groups is 1. The maximum absolute atomic E-state index is 12.9. The molecule has 0 radical (unpaired) electrons. The molecule has 0 aromatic heterocycles. The van der Waals surface area contributed by atoms with E-state index in [-0.39, 0.29) is 11.8 Å². The van der Waals surface area contributed by atoms with Gasteiger partial charge in [0.2, 0.25) is 5.91 Å². The summed E-state index contributed by atoms with van der Waals surface area (Å²) in [5.41, 5.74) is 2.29. The second kappa shape index (κ2) is 7.62. The predicted molar refractivity (Wildman–Crippen MR) is 93.9 cm³/mol. The molecule has 6 nitrogen and oxygen atoms in total. The van der Waals surface area contributed by atoms with Gasteiger partial charge in [0.15, 0.2) is 0 Å². The lowest BCUT2D eigenvalue weighted by atomic mass is 9.98. The molecule has 136 valence electrons. The molecule has 3 aliphatic rings. The second-order valence-electron chi connectivity index (χ2n) is 6.89. The highest BCUT2D eigenvalue weighted by Crippen LogP contribution is 2.30. The summed E-state index contributed by atoms with van der Waals surface area (Å²) in [5, 5.41) is 0. The summed E-state index contributed by atoms with van der Waals surface area (Å²) in [7, 11) is 0. The first-order valence-electron chi connectivity index (χ1n) is 9.26. The van der Waals surface area contributed by atoms with Crippen molar-refractivity contribution in [3.63, 3.8) is 0 Å². The number of nitrogens with zero attached hydrogens (tertiary/aromatic N) is 2. The molecule has 0 unspecified atom stereocenters. The van der Waals surface area contributed by atoms with E-state index >= 15 is 0 Å². The van der Waals surface area contributed by atoms with Gasteiger partial charge in [-0.25, -0.2) is 0 Å². The standard InChI is InChI=1S/C19H26N2O4/c22-19(15-3-8-23-9-4-15)21-7-12-25-18-2-1-17(13-16(18)14-21)20-5-10-24-11-6-20/h1-2,13,15H,3-12,14H2. The van der Waals surface area contributed by atoms with Crippen LogP contribution in [0.4, 0.5) is 5.69 Å². The first kappa shape index (κ1) is 16.7. The minimum Gasteiger partial charge on any atom is -0.491 e. The average Bonchev–Trinajstić information content (AvgIpc) is 2.90. The molecule has 3 aliphatic heterocycles. The molecule has 2 fully saturated rings. The molecule has 2 saturated heterocycles. The first-order valence-corrected chi connectivity index (χ1v) is 9.26. The summed E-state index contributed by atoms with van der Waals surface area (Å²) < 4.78 is 16.7. The van der Waals surface area contributed by atoms with Crippen molar-refractivity contribution >= 4 is 11.6 Å². The number of rotatable bonds is 2. The van der Waals surface area contributed by atoms with Gasteiger partial charge < -0.3 is 24.0 Å². The lowest BCUT2D eigenvalue weighted by Crippen LogP contribution is -2.39. The Labute approximate surface area is 148 Å². The summed E-state index contributed by atoms with van der Waals surface area (Å²) in [6.45, 7) is 6.57. The van der Waals surface area contributed by atoms with E-state index in [0.717, 1.165) is 50.5 Å². The van der Waals surface area contributed by atoms with Crippen LogP contribution in [0.25, 0.3) is 0 Å². The van der Waals surface area contributed by atoms with E-state index in [0.29, 0.717) is 32.9 Å². The van der Waals surface area contributed by atoms with Crippen LogP contribution in [-0.4, -0.2) is 63.5 Å². The quantitative estimate of drug-likeness (QED) is 0.815. The molecule has 0 atom stereocenters. The first-order chi connectivity index (χ1) is 12.3. The zero-order valence-electron chi connectivity index (χ0n) is 14.6. The summed E-state index contributed by atoms with van der Waals surface area (Å²) >= 11 is 0. The van der Waals surface area contributed by atoms with Gasteiger partial charge in [-0.05, 0) is 31.0 Å². The van der Waals surface area contributed by atoms with Crippen LogP contribution in [0.1, 0.15) is 18.4 Å². The summed E-state index contributed by atoms with van der Waals surface area (Å²) in [6, 6.07) is 6.33. The van der Waals surface area contributed by atoms with Crippen molar-refractivity contribution in [1.82, 2.24) is 4.90 Å². The van der Waals surface area contributed by atoms with E-state index in [4.69, 9.17) is 14.2 Å². The molecule has 1 aromatic rings. The Morgan fingerprint density at radius 2 is 1.72 bits per heavy atom. The van der Waals surface area contributed by atoms with Gasteiger partial charge in [0.25, 0.3) is 0 Å². The largest absolute Gasteiger partial charge is 0.491 e. The molecule has 0 N–H and O–H groups in total. The fourth-order valence-electron chi connectivity index (χ4n) is 3.79. The van der Waals surface area contributed by atoms with Gasteiger partial charge in [-0.3, -0.25) is 4.79 Å². The average molecular weight is 346 g/mol. The third-order valence-corrected chi connectivity index (χ3v) is 5.28. The van der Waals surface area contributed by atoms with Gasteiger partial charge in [0, 0.05) is 50.0 Å². The highest BCUT2D eigenvalue weighted by molar-refractivity contribution is 5.79. The predicted octanol–water partition coefficient (Wildman–Crippen LogP) is 1.67. The number of morpholine rings is 1. The second-order valence-corrected chi connectivity index (χ2v) is 6.89. The molecule has 0 bridgehead atoms. The van der Waals surface area contributed by atoms with Crippen LogP contribution < -0.4 is 9.64 Å². The van der Waals surface area contributed by atoms with Gasteiger partial charge in [-0.15, -0.1) is 0 Å². The number of fused-ring (bicyclic) bond motifs is 1. The van der Waals surface area contributed by atoms with Crippen LogP contribution in [0.2, 0.25) is 0 Å². The summed E-state index contributed by atoms with van der Waals surface area (Å²) in [4.78, 5) is 17.2. The Kier molecular flexibility index (Phi) is 5.08. The summed E-state index contributed by atoms with van der Waals surface area (Å²) in [6.07, 6.45) is 1.66. The fourth-order valence-corrected chi connectivity index (χ4v) is 3.79. The fraction of sp³-hybridized carbons (Fsp3) is 0.632. The SMILES string of the molecule is O=C(C1CCOCC1)N1CCOc2ccc(N3CCOCC3)cc2C1. The topological polar surface area (TPSA) is 51.2 Å². The lowest BCUT2D eigenvalue weighted by Gasteiger charge is -2.30. The van der Waals surface area contributed by atoms with Gasteiger partial charge in [-0.2, -0.15) is 0 Å². The number of ether oxygens (including phenoxy) is 3. The molecule has 0 saturated carbocycles. The van der Waals surface area contributed by atoms with E-state index in [1.165, 1.54) is 5.69 Å². The number of benzene rings is 1. The third kappa shape index (κ3) is 3.75. The van der Waals surface area contributed by atoms with Crippen molar-refractivity contribution in [1.29, 1.82) is 0 Å². The molecular formula is C19H26N2O4. The number of hydrogen-bond donors (Lipinski definition) is 0. The summed E-state index contributed by atoms with van der Waals surface area (Å²) in [5.74, 6) is 1.24. The zero-order chi connectivity index (χ0) is 17.1. The highest BCUT2D eigenvalue weighted by Gasteiger charge is 2.28. The maximum Gasteiger partial charge on any atom is 0.226 e. The molecule has 0 aliphatic carbocycles. The normalized spacial score (nSPS) is 22.1. The molecular weight excluding hydrogens is 320 g/mol. The van der Waals surface area contributed by atoms with Gasteiger partial charge in [0.1, 0.15) is 12.4 Å². The number of hydrogen-bond acceptors (Lipinski definition) is 5. The van der Waals surface area contributed by atoms with E-state index in [1.807, 2.05) is 11.0 Å². The number of amides is 1. The van der Waals surface area contributed by atoms with Crippen LogP contribution in [0.15, 0.2) is 18.2 Å². The molecule has 1 amide bonds. The van der Waals surface area contributed by atoms with E-state index in [9.17, 15) is 4.79 Å². The van der Waals surface area contributed by atoms with Crippen LogP contribution in [-0.2, 0) is 20.8 Å². The lowest BCUT2D eigenvalue weighted by molar-refractivity contribution is -0.139. The van der Waals surface area contributed by atoms with Gasteiger partial charge in [-0.1, -0.05) is 0 Å². The Hall–Kier alpha value is -1.79. The monoisotopic (exact) mass is 346 g/mol. The van der Waals surface area contributed by atoms with Crippen molar-refractivity contribution in [2.24, 2.45) is 5.92 Å². The molecule has 1 aromatic carbocycles. The van der Waals surface area contributed by atoms with E-state index in [1.54, 1.807) is 0 Å². The van der Waals surface area contributed by atoms with E-state index < -0.39 is 0 Å². The molecule has 0 spiro atoms. The van der Waals surface area contributed by atoms with Crippen LogP contribution in [0.5, 0.6) is 5.75 Å². The molecule has 4 rings (SSSR count). The van der Waals surface area contributed by atoms with Crippen LogP contribution in [0, 0.1) is 5.92 Å². The molecule has 3 heterocycles. The van der Waals surface area contributed by atoms with E-state index in [2.05, 4.69) is 17.0 Å². The highest BCUT2D eigenvalue weighted by atomic mass is 16.5. The Bertz CT molecular complexity index is 609. The van der Waals surface area contributed by atoms with Crippen molar-refractivity contribution in [2.75, 3.05) is 57.6 Å². The van der Waals surface area contributed by atoms with Gasteiger partial charge >= 0.3 is 0 Å². The molecule has 25 heavy (non-hydrogen) atoms. The number of anilines is 1. The van der Waals surface area contributed by atoms with Gasteiger partial charge in [0.05, 0.1) is 19.8 Å². The smallest absolute Gasteiger partial charge is 0.226 e.